The van der Waals surface area contributed by atoms with Crippen molar-refractivity contribution in [3.8, 4) is 22.3 Å². The normalized spacial score (nSPS) is 22.4. The van der Waals surface area contributed by atoms with Crippen LogP contribution in [0.1, 0.15) is 45.1 Å². The van der Waals surface area contributed by atoms with E-state index in [1.54, 1.807) is 30.3 Å². The van der Waals surface area contributed by atoms with Crippen LogP contribution in [-0.2, 0) is 15.4 Å². The van der Waals surface area contributed by atoms with Gasteiger partial charge in [-0.3, -0.25) is 0 Å². The second kappa shape index (κ2) is 10.1. The van der Waals surface area contributed by atoms with E-state index in [-0.39, 0.29) is 16.5 Å². The van der Waals surface area contributed by atoms with E-state index < -0.39 is 29.2 Å². The van der Waals surface area contributed by atoms with Crippen LogP contribution in [0.2, 0.25) is 0 Å². The van der Waals surface area contributed by atoms with Crippen LogP contribution in [0.15, 0.2) is 54.6 Å². The monoisotopic (exact) mass is 488 g/mol. The van der Waals surface area contributed by atoms with Gasteiger partial charge in [-0.25, -0.2) is 17.6 Å². The van der Waals surface area contributed by atoms with E-state index in [2.05, 4.69) is 13.8 Å². The standard InChI is InChI=1S/C28H28F4O3/c1-3-4-5-12-27(2)16-34-28(33,35-17-27)21-9-6-18(7-10-21)19-8-11-22(23(29)13-19)20-14-24(30)26(32)25(31)15-20/h6-11,13-15,33H,3-5,12,16-17H2,1-2H3. The van der Waals surface area contributed by atoms with Gasteiger partial charge in [0.2, 0.25) is 0 Å². The minimum absolute atomic E-state index is 0.0523. The molecular weight excluding hydrogens is 460 g/mol. The summed E-state index contributed by atoms with van der Waals surface area (Å²) < 4.78 is 66.6. The first kappa shape index (κ1) is 25.4. The Kier molecular flexibility index (Phi) is 7.31. The van der Waals surface area contributed by atoms with Crippen molar-refractivity contribution >= 4 is 0 Å². The van der Waals surface area contributed by atoms with Gasteiger partial charge in [0.05, 0.1) is 13.2 Å². The van der Waals surface area contributed by atoms with Gasteiger partial charge in [-0.1, -0.05) is 69.5 Å². The highest BCUT2D eigenvalue weighted by Gasteiger charge is 2.42. The molecule has 0 spiro atoms. The van der Waals surface area contributed by atoms with Crippen LogP contribution >= 0.6 is 0 Å². The molecule has 0 aliphatic carbocycles. The molecule has 3 aromatic rings. The average Bonchev–Trinajstić information content (AvgIpc) is 2.85. The van der Waals surface area contributed by atoms with Crippen LogP contribution in [0, 0.1) is 28.7 Å². The zero-order chi connectivity index (χ0) is 25.2. The Labute approximate surface area is 202 Å². The molecule has 35 heavy (non-hydrogen) atoms. The van der Waals surface area contributed by atoms with Crippen LogP contribution in [0.25, 0.3) is 22.3 Å². The first-order valence-electron chi connectivity index (χ1n) is 11.7. The highest BCUT2D eigenvalue weighted by Crippen LogP contribution is 2.38. The number of unbranched alkanes of at least 4 members (excludes halogenated alkanes) is 2. The Balaban J connectivity index is 1.49. The average molecular weight is 489 g/mol. The fourth-order valence-corrected chi connectivity index (χ4v) is 4.25. The van der Waals surface area contributed by atoms with Crippen LogP contribution in [0.5, 0.6) is 0 Å². The second-order valence-electron chi connectivity index (χ2n) is 9.45. The molecule has 0 aromatic heterocycles. The molecule has 1 aliphatic heterocycles. The highest BCUT2D eigenvalue weighted by molar-refractivity contribution is 5.71. The summed E-state index contributed by atoms with van der Waals surface area (Å²) in [4.78, 5) is 0. The van der Waals surface area contributed by atoms with Crippen molar-refractivity contribution in [1.29, 1.82) is 0 Å². The van der Waals surface area contributed by atoms with Crippen molar-refractivity contribution in [2.24, 2.45) is 5.41 Å². The van der Waals surface area contributed by atoms with Gasteiger partial charge in [-0.15, -0.1) is 0 Å². The van der Waals surface area contributed by atoms with Gasteiger partial charge < -0.3 is 14.6 Å². The van der Waals surface area contributed by atoms with Crippen LogP contribution < -0.4 is 0 Å². The van der Waals surface area contributed by atoms with Gasteiger partial charge in [-0.05, 0) is 41.3 Å². The number of ether oxygens (including phenoxy) is 2. The van der Waals surface area contributed by atoms with E-state index in [9.17, 15) is 22.7 Å². The van der Waals surface area contributed by atoms with Crippen LogP contribution in [-0.4, -0.2) is 18.3 Å². The summed E-state index contributed by atoms with van der Waals surface area (Å²) in [7, 11) is 0. The molecule has 4 rings (SSSR count). The first-order chi connectivity index (χ1) is 16.6. The molecule has 0 radical (unpaired) electrons. The minimum atomic E-state index is -1.85. The molecule has 1 saturated heterocycles. The van der Waals surface area contributed by atoms with E-state index in [4.69, 9.17) is 9.47 Å². The summed E-state index contributed by atoms with van der Waals surface area (Å²) >= 11 is 0. The molecule has 1 fully saturated rings. The molecule has 0 bridgehead atoms. The fraction of sp³-hybridized carbons (Fsp3) is 0.357. The lowest BCUT2D eigenvalue weighted by Crippen LogP contribution is -2.46. The Hall–Kier alpha value is -2.74. The predicted octanol–water partition coefficient (Wildman–Crippen LogP) is 7.31. The van der Waals surface area contributed by atoms with Crippen molar-refractivity contribution in [3.05, 3.63) is 83.4 Å². The molecule has 0 atom stereocenters. The van der Waals surface area contributed by atoms with Gasteiger partial charge in [-0.2, -0.15) is 0 Å². The van der Waals surface area contributed by atoms with E-state index >= 15 is 0 Å². The summed E-state index contributed by atoms with van der Waals surface area (Å²) in [5.41, 5.74) is 1.28. The molecule has 1 heterocycles. The zero-order valence-corrected chi connectivity index (χ0v) is 19.7. The van der Waals surface area contributed by atoms with Crippen molar-refractivity contribution in [3.63, 3.8) is 0 Å². The molecule has 186 valence electrons. The van der Waals surface area contributed by atoms with Crippen molar-refractivity contribution < 1.29 is 32.1 Å². The van der Waals surface area contributed by atoms with Crippen molar-refractivity contribution in [2.45, 2.75) is 45.5 Å². The predicted molar refractivity (Wildman–Crippen MR) is 125 cm³/mol. The number of benzene rings is 3. The lowest BCUT2D eigenvalue weighted by atomic mass is 9.85. The largest absolute Gasteiger partial charge is 0.339 e. The second-order valence-corrected chi connectivity index (χ2v) is 9.45. The maximum absolute atomic E-state index is 14.8. The Bertz CT molecular complexity index is 1160. The van der Waals surface area contributed by atoms with Crippen LogP contribution in [0.4, 0.5) is 17.6 Å². The third kappa shape index (κ3) is 5.42. The highest BCUT2D eigenvalue weighted by atomic mass is 19.2. The molecule has 1 N–H and O–H groups in total. The summed E-state index contributed by atoms with van der Waals surface area (Å²) in [5, 5.41) is 10.9. The summed E-state index contributed by atoms with van der Waals surface area (Å²) in [6, 6.07) is 12.4. The number of aliphatic hydroxyl groups is 1. The number of halogens is 4. The quantitative estimate of drug-likeness (QED) is 0.215. The topological polar surface area (TPSA) is 38.7 Å². The van der Waals surface area contributed by atoms with E-state index in [1.165, 1.54) is 12.1 Å². The van der Waals surface area contributed by atoms with Gasteiger partial charge in [0.25, 0.3) is 0 Å². The minimum Gasteiger partial charge on any atom is -0.339 e. The fourth-order valence-electron chi connectivity index (χ4n) is 4.25. The Morgan fingerprint density at radius 1 is 0.771 bits per heavy atom. The van der Waals surface area contributed by atoms with E-state index in [1.807, 2.05) is 0 Å². The molecule has 0 amide bonds. The third-order valence-corrected chi connectivity index (χ3v) is 6.46. The zero-order valence-electron chi connectivity index (χ0n) is 19.7. The molecule has 0 saturated carbocycles. The van der Waals surface area contributed by atoms with E-state index in [0.717, 1.165) is 37.8 Å². The van der Waals surface area contributed by atoms with Crippen molar-refractivity contribution in [2.75, 3.05) is 13.2 Å². The summed E-state index contributed by atoms with van der Waals surface area (Å²) in [6.07, 6.45) is 4.30. The molecule has 3 nitrogen and oxygen atoms in total. The Morgan fingerprint density at radius 3 is 1.91 bits per heavy atom. The van der Waals surface area contributed by atoms with Gasteiger partial charge >= 0.3 is 5.97 Å². The lowest BCUT2D eigenvalue weighted by Gasteiger charge is -2.42. The molecular formula is C28H28F4O3. The van der Waals surface area contributed by atoms with Gasteiger partial charge in [0.15, 0.2) is 17.5 Å². The summed E-state index contributed by atoms with van der Waals surface area (Å²) in [5.74, 6) is -6.93. The van der Waals surface area contributed by atoms with Crippen LogP contribution in [0.3, 0.4) is 0 Å². The number of hydrogen-bond donors (Lipinski definition) is 1. The van der Waals surface area contributed by atoms with Crippen molar-refractivity contribution in [1.82, 2.24) is 0 Å². The van der Waals surface area contributed by atoms with Gasteiger partial charge in [0.1, 0.15) is 5.82 Å². The first-order valence-corrected chi connectivity index (χ1v) is 11.7. The Morgan fingerprint density at radius 2 is 1.34 bits per heavy atom. The maximum Gasteiger partial charge on any atom is 0.309 e. The SMILES string of the molecule is CCCCCC1(C)COC(O)(c2ccc(-c3ccc(-c4cc(F)c(F)c(F)c4)c(F)c3)cc2)OC1. The van der Waals surface area contributed by atoms with E-state index in [0.29, 0.717) is 29.9 Å². The smallest absolute Gasteiger partial charge is 0.309 e. The van der Waals surface area contributed by atoms with Gasteiger partial charge in [0, 0.05) is 16.5 Å². The molecule has 3 aromatic carbocycles. The lowest BCUT2D eigenvalue weighted by molar-refractivity contribution is -0.414. The summed E-state index contributed by atoms with van der Waals surface area (Å²) in [6.45, 7) is 4.96. The number of rotatable bonds is 7. The molecule has 7 heteroatoms. The molecule has 0 unspecified atom stereocenters. The number of hydrogen-bond acceptors (Lipinski definition) is 3. The maximum atomic E-state index is 14.8. The molecule has 1 aliphatic rings. The third-order valence-electron chi connectivity index (χ3n) is 6.46.